The quantitative estimate of drug-likeness (QED) is 0.195. The lowest BCUT2D eigenvalue weighted by Gasteiger charge is -2.50. The number of nitrogens with zero attached hydrogens (tertiary/aromatic N) is 3. The van der Waals surface area contributed by atoms with Gasteiger partial charge in [0.1, 0.15) is 5.82 Å². The molecule has 0 bridgehead atoms. The number of amides is 4. The predicted octanol–water partition coefficient (Wildman–Crippen LogP) is 5.77. The van der Waals surface area contributed by atoms with Crippen LogP contribution >= 0.6 is 23.2 Å². The van der Waals surface area contributed by atoms with Crippen LogP contribution in [0.1, 0.15) is 42.7 Å². The molecule has 0 aromatic heterocycles. The van der Waals surface area contributed by atoms with E-state index in [1.54, 1.807) is 6.07 Å². The molecule has 4 fully saturated rings. The van der Waals surface area contributed by atoms with E-state index in [1.165, 1.54) is 41.8 Å². The molecule has 3 aromatic carbocycles. The minimum atomic E-state index is -2.09. The third-order valence-corrected chi connectivity index (χ3v) is 13.1. The Morgan fingerprint density at radius 1 is 0.902 bits per heavy atom. The van der Waals surface area contributed by atoms with E-state index in [0.717, 1.165) is 36.7 Å². The van der Waals surface area contributed by atoms with Crippen LogP contribution in [0.4, 0.5) is 10.1 Å². The topological polar surface area (TPSA) is 107 Å². The molecule has 2 aliphatic carbocycles. The average Bonchev–Trinajstić information content (AvgIpc) is 3.47. The monoisotopic (exact) mass is 731 g/mol. The van der Waals surface area contributed by atoms with E-state index in [0.29, 0.717) is 24.0 Å². The number of hydrogen-bond donors (Lipinski definition) is 1. The highest BCUT2D eigenvalue weighted by Gasteiger charge is 2.76. The maximum atomic E-state index is 14.5. The summed E-state index contributed by atoms with van der Waals surface area (Å²) in [7, 11) is 1.41. The number of imide groups is 2. The number of likely N-dealkylation sites (tertiary alicyclic amines) is 2. The molecule has 3 aromatic rings. The second-order valence-corrected chi connectivity index (χ2v) is 15.5. The van der Waals surface area contributed by atoms with Gasteiger partial charge >= 0.3 is 0 Å². The van der Waals surface area contributed by atoms with Gasteiger partial charge in [-0.05, 0) is 79.1 Å². The molecule has 4 amide bonds. The van der Waals surface area contributed by atoms with E-state index in [2.05, 4.69) is 17.0 Å². The molecule has 12 heteroatoms. The fraction of sp³-hybridized carbons (Fsp3) is 0.385. The Labute approximate surface area is 304 Å². The number of phenolic OH excluding ortho intramolecular Hbond substituents is 1. The van der Waals surface area contributed by atoms with Crippen molar-refractivity contribution in [1.82, 2.24) is 9.80 Å². The number of carbonyl (C=O) groups excluding carboxylic acids is 4. The molecule has 0 spiro atoms. The zero-order valence-electron chi connectivity index (χ0n) is 27.8. The van der Waals surface area contributed by atoms with Crippen LogP contribution in [0.25, 0.3) is 0 Å². The molecule has 9 nitrogen and oxygen atoms in total. The molecule has 0 radical (unpaired) electrons. The first-order chi connectivity index (χ1) is 24.5. The number of allylic oxidation sites excluding steroid dienone is 2. The van der Waals surface area contributed by atoms with Gasteiger partial charge in [0, 0.05) is 31.6 Å². The van der Waals surface area contributed by atoms with E-state index < -0.39 is 51.1 Å². The standard InChI is InChI=1S/C39H36Cl2FN3O6/c1-51-31-14-7-23(19-30(31)46)33-27-12-13-28-32(35(48)44(34(28)47)26-15-17-43(18-16-26)21-22-5-3-2-4-6-22)29(27)20-38(40)36(49)45(37(50)39(33,38)41)25-10-8-24(42)9-11-25/h2-12,14,19,26,28-29,32-33,46H,13,15-18,20-21H2,1H3/t28-,29+,32-,33-,38+,39-/m0/s1. The number of anilines is 1. The number of phenols is 1. The van der Waals surface area contributed by atoms with Gasteiger partial charge in [-0.25, -0.2) is 9.29 Å². The number of ether oxygens (including phenoxy) is 1. The summed E-state index contributed by atoms with van der Waals surface area (Å²) in [5.74, 6) is -5.92. The van der Waals surface area contributed by atoms with Crippen molar-refractivity contribution in [3.8, 4) is 11.5 Å². The number of aromatic hydroxyl groups is 1. The number of methoxy groups -OCH3 is 1. The largest absolute Gasteiger partial charge is 0.504 e. The minimum Gasteiger partial charge on any atom is -0.504 e. The lowest BCUT2D eigenvalue weighted by molar-refractivity contribution is -0.144. The predicted molar refractivity (Wildman–Crippen MR) is 188 cm³/mol. The summed E-state index contributed by atoms with van der Waals surface area (Å²) in [6, 6.07) is 19.4. The van der Waals surface area contributed by atoms with E-state index in [9.17, 15) is 28.7 Å². The number of piperidine rings is 1. The van der Waals surface area contributed by atoms with Crippen LogP contribution in [0.3, 0.4) is 0 Å². The van der Waals surface area contributed by atoms with Crippen molar-refractivity contribution < 1.29 is 33.4 Å². The lowest BCUT2D eigenvalue weighted by atomic mass is 9.56. The minimum absolute atomic E-state index is 0.101. The molecule has 3 aliphatic heterocycles. The highest BCUT2D eigenvalue weighted by molar-refractivity contribution is 6.58. The smallest absolute Gasteiger partial charge is 0.258 e. The van der Waals surface area contributed by atoms with Crippen LogP contribution in [0.2, 0.25) is 0 Å². The SMILES string of the molecule is COc1ccc([C@H]2C3=CC[C@@H]4C(=O)N(C5CCN(Cc6ccccc6)CC5)C(=O)[C@@H]4[C@@H]3C[C@@]3(Cl)C(=O)N(c4ccc(F)cc4)C(=O)[C@@]23Cl)cc1O. The molecular weight excluding hydrogens is 696 g/mol. The molecular formula is C39H36Cl2FN3O6. The van der Waals surface area contributed by atoms with Gasteiger partial charge in [-0.3, -0.25) is 29.0 Å². The van der Waals surface area contributed by atoms with Crippen molar-refractivity contribution in [3.63, 3.8) is 0 Å². The molecule has 3 saturated heterocycles. The second kappa shape index (κ2) is 12.5. The fourth-order valence-corrected chi connectivity index (χ4v) is 10.2. The Morgan fingerprint density at radius 3 is 2.27 bits per heavy atom. The molecule has 5 aliphatic rings. The summed E-state index contributed by atoms with van der Waals surface area (Å²) in [4.78, 5) is 58.1. The average molecular weight is 733 g/mol. The number of rotatable bonds is 6. The highest BCUT2D eigenvalue weighted by atomic mass is 35.5. The van der Waals surface area contributed by atoms with Crippen molar-refractivity contribution in [1.29, 1.82) is 0 Å². The van der Waals surface area contributed by atoms with E-state index >= 15 is 0 Å². The zero-order chi connectivity index (χ0) is 35.8. The molecule has 1 N–H and O–H groups in total. The number of hydrogen-bond acceptors (Lipinski definition) is 7. The molecule has 3 heterocycles. The summed E-state index contributed by atoms with van der Waals surface area (Å²) < 4.78 is 19.2. The second-order valence-electron chi connectivity index (χ2n) is 14.2. The van der Waals surface area contributed by atoms with Crippen molar-refractivity contribution in [3.05, 3.63) is 101 Å². The molecule has 8 rings (SSSR count). The van der Waals surface area contributed by atoms with Crippen LogP contribution < -0.4 is 9.64 Å². The van der Waals surface area contributed by atoms with Crippen LogP contribution in [0.5, 0.6) is 11.5 Å². The van der Waals surface area contributed by atoms with Crippen molar-refractivity contribution in [2.45, 2.75) is 53.9 Å². The van der Waals surface area contributed by atoms with E-state index in [1.807, 2.05) is 24.3 Å². The number of halogens is 3. The van der Waals surface area contributed by atoms with Gasteiger partial charge in [0.2, 0.25) is 11.8 Å². The van der Waals surface area contributed by atoms with Gasteiger partial charge in [0.15, 0.2) is 21.2 Å². The Balaban J connectivity index is 1.15. The maximum Gasteiger partial charge on any atom is 0.258 e. The van der Waals surface area contributed by atoms with Crippen molar-refractivity contribution in [2.24, 2.45) is 17.8 Å². The molecule has 51 heavy (non-hydrogen) atoms. The number of carbonyl (C=O) groups is 4. The van der Waals surface area contributed by atoms with Crippen molar-refractivity contribution >= 4 is 52.5 Å². The number of benzene rings is 3. The van der Waals surface area contributed by atoms with E-state index in [-0.39, 0.29) is 47.9 Å². The van der Waals surface area contributed by atoms with Gasteiger partial charge in [-0.2, -0.15) is 0 Å². The van der Waals surface area contributed by atoms with Crippen LogP contribution in [-0.4, -0.2) is 74.5 Å². The van der Waals surface area contributed by atoms with Crippen LogP contribution in [0.15, 0.2) is 84.4 Å². The molecule has 1 saturated carbocycles. The summed E-state index contributed by atoms with van der Waals surface area (Å²) in [6.07, 6.45) is 3.23. The van der Waals surface area contributed by atoms with Gasteiger partial charge in [0.25, 0.3) is 11.8 Å². The third-order valence-electron chi connectivity index (χ3n) is 11.6. The summed E-state index contributed by atoms with van der Waals surface area (Å²) in [5, 5.41) is 10.9. The number of alkyl halides is 2. The normalized spacial score (nSPS) is 31.0. The van der Waals surface area contributed by atoms with Gasteiger partial charge < -0.3 is 9.84 Å². The van der Waals surface area contributed by atoms with Crippen LogP contribution in [0, 0.1) is 23.6 Å². The molecule has 0 unspecified atom stereocenters. The fourth-order valence-electron chi connectivity index (χ4n) is 9.22. The lowest BCUT2D eigenvalue weighted by Crippen LogP contribution is -2.60. The third kappa shape index (κ3) is 5.04. The van der Waals surface area contributed by atoms with Gasteiger partial charge in [-0.1, -0.05) is 48.0 Å². The molecule has 264 valence electrons. The Bertz CT molecular complexity index is 1970. The Hall–Kier alpha value is -4.25. The first kappa shape index (κ1) is 33.9. The first-order valence-electron chi connectivity index (χ1n) is 17.2. The Kier molecular flexibility index (Phi) is 8.27. The first-order valence-corrected chi connectivity index (χ1v) is 18.0. The van der Waals surface area contributed by atoms with Crippen molar-refractivity contribution in [2.75, 3.05) is 25.1 Å². The van der Waals surface area contributed by atoms with Gasteiger partial charge in [-0.15, -0.1) is 23.2 Å². The summed E-state index contributed by atoms with van der Waals surface area (Å²) in [5.41, 5.74) is 2.32. The van der Waals surface area contributed by atoms with Gasteiger partial charge in [0.05, 0.1) is 24.6 Å². The highest BCUT2D eigenvalue weighted by Crippen LogP contribution is 2.66. The summed E-state index contributed by atoms with van der Waals surface area (Å²) in [6.45, 7) is 2.26. The van der Waals surface area contributed by atoms with E-state index in [4.69, 9.17) is 27.9 Å². The Morgan fingerprint density at radius 2 is 1.61 bits per heavy atom. The zero-order valence-corrected chi connectivity index (χ0v) is 29.3. The van der Waals surface area contributed by atoms with Crippen LogP contribution in [-0.2, 0) is 25.7 Å². The number of fused-ring (bicyclic) bond motifs is 4. The summed E-state index contributed by atoms with van der Waals surface area (Å²) >= 11 is 14.9. The molecule has 6 atom stereocenters. The maximum absolute atomic E-state index is 14.5.